The molecule has 0 saturated carbocycles. The summed E-state index contributed by atoms with van der Waals surface area (Å²) in [4.78, 5) is 4.81. The molecule has 0 radical (unpaired) electrons. The summed E-state index contributed by atoms with van der Waals surface area (Å²) in [5.74, 6) is 0. The lowest BCUT2D eigenvalue weighted by molar-refractivity contribution is 1.18. The number of rotatable bonds is 17. The molecule has 526 valence electrons. The molecule has 18 aromatic carbocycles. The summed E-state index contributed by atoms with van der Waals surface area (Å²) in [5.41, 5.74) is 34.3. The van der Waals surface area contributed by atoms with E-state index in [4.69, 9.17) is 0 Å². The molecule has 2 heterocycles. The second-order valence-electron chi connectivity index (χ2n) is 28.8. The molecule has 0 aliphatic rings. The zero-order chi connectivity index (χ0) is 74.3. The van der Waals surface area contributed by atoms with Crippen LogP contribution in [0.25, 0.3) is 155 Å². The molecular weight excluding hydrogens is 1350 g/mol. The maximum atomic E-state index is 2.43. The third kappa shape index (κ3) is 12.6. The van der Waals surface area contributed by atoms with E-state index in [1.54, 1.807) is 0 Å². The maximum absolute atomic E-state index is 2.43. The van der Waals surface area contributed by atoms with Gasteiger partial charge < -0.3 is 18.9 Å². The van der Waals surface area contributed by atoms with Gasteiger partial charge in [-0.1, -0.05) is 328 Å². The van der Waals surface area contributed by atoms with Gasteiger partial charge in [0.15, 0.2) is 0 Å². The van der Waals surface area contributed by atoms with Crippen LogP contribution in [0.4, 0.5) is 34.1 Å². The number of aromatic nitrogens is 2. The largest absolute Gasteiger partial charge is 0.310 e. The Balaban J connectivity index is 0.593. The van der Waals surface area contributed by atoms with E-state index < -0.39 is 0 Å². The van der Waals surface area contributed by atoms with E-state index in [-0.39, 0.29) is 0 Å². The molecule has 0 fully saturated rings. The van der Waals surface area contributed by atoms with Gasteiger partial charge >= 0.3 is 0 Å². The van der Waals surface area contributed by atoms with Crippen molar-refractivity contribution in [1.82, 2.24) is 9.13 Å². The average Bonchev–Trinajstić information content (AvgIpc) is 1.59. The highest BCUT2D eigenvalue weighted by Crippen LogP contribution is 2.47. The van der Waals surface area contributed by atoms with Crippen LogP contribution in [0.5, 0.6) is 0 Å². The Morgan fingerprint density at radius 3 is 0.830 bits per heavy atom. The maximum Gasteiger partial charge on any atom is 0.0547 e. The minimum atomic E-state index is 1.06. The van der Waals surface area contributed by atoms with Gasteiger partial charge in [-0.2, -0.15) is 0 Å². The minimum absolute atomic E-state index is 1.06. The molecular formula is C108H74N4. The van der Waals surface area contributed by atoms with Gasteiger partial charge in [-0.15, -0.1) is 0 Å². The molecule has 20 rings (SSSR count). The number of para-hydroxylation sites is 5. The Hall–Kier alpha value is -14.8. The van der Waals surface area contributed by atoms with Crippen LogP contribution in [0.1, 0.15) is 0 Å². The van der Waals surface area contributed by atoms with E-state index in [0.29, 0.717) is 0 Å². The summed E-state index contributed by atoms with van der Waals surface area (Å²) in [6.45, 7) is 0. The van der Waals surface area contributed by atoms with Crippen molar-refractivity contribution in [2.45, 2.75) is 0 Å². The lowest BCUT2D eigenvalue weighted by atomic mass is 9.96. The van der Waals surface area contributed by atoms with Gasteiger partial charge in [0.2, 0.25) is 0 Å². The van der Waals surface area contributed by atoms with Gasteiger partial charge in [0.05, 0.1) is 33.4 Å². The number of nitrogens with zero attached hydrogens (tertiary/aromatic N) is 4. The van der Waals surface area contributed by atoms with Crippen LogP contribution < -0.4 is 9.80 Å². The molecule has 20 aromatic rings. The average molecular weight is 1430 g/mol. The summed E-state index contributed by atoms with van der Waals surface area (Å²) in [6, 6.07) is 164. The van der Waals surface area contributed by atoms with Crippen molar-refractivity contribution >= 4 is 77.7 Å². The van der Waals surface area contributed by atoms with E-state index in [9.17, 15) is 0 Å². The fraction of sp³-hybridized carbons (Fsp3) is 0. The Kier molecular flexibility index (Phi) is 17.3. The molecule has 0 aliphatic carbocycles. The number of hydrogen-bond acceptors (Lipinski definition) is 2. The standard InChI is InChI=1S/C108H74N4/c1-4-23-75(24-5-1)78-49-60-91(61-50-78)109(93-64-53-82(54-65-93)87-31-20-29-85(71-87)77-27-8-3-9-28-77)103-40-15-10-35-97(103)84-57-68-95(69-58-84)111-105-42-17-14-39-101(105)102-70-59-89(74-108(102)111)81-47-45-80(46-48-81)86-30-21-32-88(72-86)83-55-66-94(67-56-83)110(92-62-51-79(52-63-92)76-25-6-2-7-26-76)104-41-16-11-36-98(104)90-33-22-34-96(73-90)112-106-43-18-12-37-99(106)100-38-13-19-44-107(100)112/h1-74H. The fourth-order valence-corrected chi connectivity index (χ4v) is 16.6. The van der Waals surface area contributed by atoms with Gasteiger partial charge in [0.25, 0.3) is 0 Å². The molecule has 0 unspecified atom stereocenters. The first kappa shape index (κ1) is 66.6. The van der Waals surface area contributed by atoms with Gasteiger partial charge in [-0.25, -0.2) is 0 Å². The molecule has 0 spiro atoms. The van der Waals surface area contributed by atoms with Crippen molar-refractivity contribution in [1.29, 1.82) is 0 Å². The summed E-state index contributed by atoms with van der Waals surface area (Å²) >= 11 is 0. The third-order valence-electron chi connectivity index (χ3n) is 22.2. The molecule has 0 amide bonds. The fourth-order valence-electron chi connectivity index (χ4n) is 16.6. The minimum Gasteiger partial charge on any atom is -0.310 e. The van der Waals surface area contributed by atoms with E-state index in [2.05, 4.69) is 468 Å². The van der Waals surface area contributed by atoms with E-state index >= 15 is 0 Å². The molecule has 0 saturated heterocycles. The first-order valence-corrected chi connectivity index (χ1v) is 38.4. The van der Waals surface area contributed by atoms with E-state index in [1.165, 1.54) is 77.0 Å². The van der Waals surface area contributed by atoms with Crippen molar-refractivity contribution in [3.05, 3.63) is 449 Å². The molecule has 4 heteroatoms. The van der Waals surface area contributed by atoms with Gasteiger partial charge in [-0.05, 0) is 210 Å². The quantitative estimate of drug-likeness (QED) is 0.0903. The van der Waals surface area contributed by atoms with Crippen LogP contribution in [0.3, 0.4) is 0 Å². The Morgan fingerprint density at radius 2 is 0.411 bits per heavy atom. The van der Waals surface area contributed by atoms with Crippen molar-refractivity contribution < 1.29 is 0 Å². The topological polar surface area (TPSA) is 16.3 Å². The van der Waals surface area contributed by atoms with Crippen LogP contribution in [-0.2, 0) is 0 Å². The summed E-state index contributed by atoms with van der Waals surface area (Å²) in [7, 11) is 0. The summed E-state index contributed by atoms with van der Waals surface area (Å²) < 4.78 is 4.83. The third-order valence-corrected chi connectivity index (χ3v) is 22.2. The Morgan fingerprint density at radius 1 is 0.143 bits per heavy atom. The molecule has 4 nitrogen and oxygen atoms in total. The highest BCUT2D eigenvalue weighted by atomic mass is 15.2. The van der Waals surface area contributed by atoms with Crippen molar-refractivity contribution in [2.24, 2.45) is 0 Å². The lowest BCUT2D eigenvalue weighted by Gasteiger charge is -2.28. The first-order chi connectivity index (χ1) is 55.5. The van der Waals surface area contributed by atoms with E-state index in [0.717, 1.165) is 112 Å². The predicted octanol–water partition coefficient (Wildman–Crippen LogP) is 29.8. The molecule has 0 atom stereocenters. The number of anilines is 6. The lowest BCUT2D eigenvalue weighted by Crippen LogP contribution is -2.11. The second-order valence-corrected chi connectivity index (χ2v) is 28.8. The smallest absolute Gasteiger partial charge is 0.0547 e. The zero-order valence-electron chi connectivity index (χ0n) is 61.5. The van der Waals surface area contributed by atoms with Crippen molar-refractivity contribution in [3.63, 3.8) is 0 Å². The summed E-state index contributed by atoms with van der Waals surface area (Å²) in [5, 5.41) is 4.93. The molecule has 0 bridgehead atoms. The monoisotopic (exact) mass is 1430 g/mol. The van der Waals surface area contributed by atoms with Gasteiger partial charge in [-0.3, -0.25) is 0 Å². The van der Waals surface area contributed by atoms with Crippen LogP contribution in [0.2, 0.25) is 0 Å². The zero-order valence-corrected chi connectivity index (χ0v) is 61.5. The van der Waals surface area contributed by atoms with Crippen LogP contribution in [0.15, 0.2) is 449 Å². The normalized spacial score (nSPS) is 11.4. The van der Waals surface area contributed by atoms with Crippen molar-refractivity contribution in [2.75, 3.05) is 9.80 Å². The van der Waals surface area contributed by atoms with Crippen LogP contribution in [0, 0.1) is 0 Å². The molecule has 112 heavy (non-hydrogen) atoms. The number of benzene rings is 18. The van der Waals surface area contributed by atoms with Crippen molar-refractivity contribution in [3.8, 4) is 112 Å². The van der Waals surface area contributed by atoms with E-state index in [1.807, 2.05) is 0 Å². The van der Waals surface area contributed by atoms with Gasteiger partial charge in [0, 0.05) is 66.8 Å². The second kappa shape index (κ2) is 29.0. The molecule has 0 N–H and O–H groups in total. The predicted molar refractivity (Wildman–Crippen MR) is 473 cm³/mol. The number of hydrogen-bond donors (Lipinski definition) is 0. The Labute approximate surface area is 652 Å². The van der Waals surface area contributed by atoms with Gasteiger partial charge in [0.1, 0.15) is 0 Å². The molecule has 2 aromatic heterocycles. The molecule has 0 aliphatic heterocycles. The Bertz CT molecular complexity index is 6750. The van der Waals surface area contributed by atoms with Crippen LogP contribution >= 0.6 is 0 Å². The highest BCUT2D eigenvalue weighted by Gasteiger charge is 2.23. The SMILES string of the molecule is c1ccc(-c2ccc(N(c3ccc(-c4cccc(-c5ccccc5)c4)cc3)c3ccccc3-c3ccc(-n4c5ccccc5c5ccc(-c6ccc(-c7cccc(-c8ccc(N(c9ccc(-c%10ccccc%10)cc9)c9ccccc9-c9cccc(-n%10c%11ccccc%11c%11ccccc%11%10)c9)cc8)c7)cc6)cc54)cc3)cc2)cc1. The first-order valence-electron chi connectivity index (χ1n) is 38.4. The van der Waals surface area contributed by atoms with Crippen LogP contribution in [-0.4, -0.2) is 9.13 Å². The summed E-state index contributed by atoms with van der Waals surface area (Å²) in [6.07, 6.45) is 0. The highest BCUT2D eigenvalue weighted by molar-refractivity contribution is 6.11. The number of fused-ring (bicyclic) bond motifs is 6.